The number of aromatic amines is 1. The lowest BCUT2D eigenvalue weighted by Crippen LogP contribution is -2.42. The van der Waals surface area contributed by atoms with Gasteiger partial charge in [-0.05, 0) is 24.8 Å². The molecule has 2 atom stereocenters. The van der Waals surface area contributed by atoms with Crippen LogP contribution in [0.4, 0.5) is 0 Å². The van der Waals surface area contributed by atoms with Crippen molar-refractivity contribution in [3.05, 3.63) is 36.3 Å². The van der Waals surface area contributed by atoms with Crippen LogP contribution in [0.2, 0.25) is 0 Å². The predicted octanol–water partition coefficient (Wildman–Crippen LogP) is 2.54. The Kier molecular flexibility index (Phi) is 3.65. The van der Waals surface area contributed by atoms with Crippen LogP contribution in [0.25, 0.3) is 17.0 Å². The van der Waals surface area contributed by atoms with Gasteiger partial charge < -0.3 is 4.98 Å². The van der Waals surface area contributed by atoms with Crippen molar-refractivity contribution < 1.29 is 8.42 Å². The number of nitrogens with one attached hydrogen (secondary N) is 1. The molecule has 24 heavy (non-hydrogen) atoms. The Morgan fingerprint density at radius 1 is 1.38 bits per heavy atom. The van der Waals surface area contributed by atoms with Crippen molar-refractivity contribution in [3.63, 3.8) is 0 Å². The van der Waals surface area contributed by atoms with Gasteiger partial charge in [0.05, 0.1) is 11.4 Å². The average Bonchev–Trinajstić information content (AvgIpc) is 3.20. The molecule has 1 fully saturated rings. The van der Waals surface area contributed by atoms with Crippen molar-refractivity contribution in [3.8, 4) is 11.3 Å². The average molecular weight is 346 g/mol. The Morgan fingerprint density at radius 2 is 2.21 bits per heavy atom. The maximum Gasteiger partial charge on any atom is 0.213 e. The summed E-state index contributed by atoms with van der Waals surface area (Å²) in [5.74, 6) is 1.61. The zero-order valence-corrected chi connectivity index (χ0v) is 14.8. The topological polar surface area (TPSA) is 70.5 Å². The van der Waals surface area contributed by atoms with Gasteiger partial charge in [-0.3, -0.25) is 4.40 Å². The molecule has 1 aromatic heterocycles. The standard InChI is InChI=1S/C17H22N4O2S/c1-3-24(22,23)20-8-6-12(2)15(11-20)14-5-4-13-10-19-17-18-7-9-21(17)16(13)14/h4-5,7,9-10,12,15H,3,6,8,11H2,1-2H3,(H,18,19)/t12-,15+/m0/s1. The first-order valence-electron chi connectivity index (χ1n) is 8.42. The number of H-pyrrole nitrogens is 1. The molecule has 0 amide bonds. The molecule has 0 bridgehead atoms. The normalized spacial score (nSPS) is 23.2. The van der Waals surface area contributed by atoms with Gasteiger partial charge in [0.1, 0.15) is 0 Å². The van der Waals surface area contributed by atoms with E-state index in [1.165, 1.54) is 5.56 Å². The summed E-state index contributed by atoms with van der Waals surface area (Å²) in [5.41, 5.74) is 3.43. The van der Waals surface area contributed by atoms with E-state index >= 15 is 0 Å². The van der Waals surface area contributed by atoms with Crippen LogP contribution in [0.5, 0.6) is 0 Å². The first kappa shape index (κ1) is 15.7. The number of sulfonamides is 1. The molecule has 0 saturated carbocycles. The number of rotatable bonds is 3. The largest absolute Gasteiger partial charge is 0.330 e. The Balaban J connectivity index is 1.79. The van der Waals surface area contributed by atoms with Gasteiger partial charge in [0.15, 0.2) is 0 Å². The van der Waals surface area contributed by atoms with Crippen LogP contribution < -0.4 is 0 Å². The summed E-state index contributed by atoms with van der Waals surface area (Å²) in [7, 11) is -3.15. The first-order chi connectivity index (χ1) is 11.5. The zero-order valence-electron chi connectivity index (χ0n) is 13.9. The van der Waals surface area contributed by atoms with Crippen LogP contribution >= 0.6 is 0 Å². The molecule has 2 aliphatic heterocycles. The Bertz CT molecular complexity index is 943. The van der Waals surface area contributed by atoms with E-state index in [2.05, 4.69) is 33.4 Å². The monoisotopic (exact) mass is 346 g/mol. The van der Waals surface area contributed by atoms with E-state index in [0.29, 0.717) is 19.0 Å². The smallest absolute Gasteiger partial charge is 0.213 e. The Morgan fingerprint density at radius 3 is 3.00 bits per heavy atom. The summed E-state index contributed by atoms with van der Waals surface area (Å²) in [6.45, 7) is 5.12. The third-order valence-corrected chi connectivity index (χ3v) is 7.15. The van der Waals surface area contributed by atoms with E-state index in [0.717, 1.165) is 23.5 Å². The number of piperidine rings is 1. The lowest BCUT2D eigenvalue weighted by molar-refractivity contribution is 0.252. The minimum absolute atomic E-state index is 0.163. The Labute approximate surface area is 141 Å². The molecule has 0 spiro atoms. The molecule has 1 N–H and O–H groups in total. The maximum absolute atomic E-state index is 12.3. The second-order valence-corrected chi connectivity index (χ2v) is 8.89. The fourth-order valence-corrected chi connectivity index (χ4v) is 4.94. The molecule has 3 heterocycles. The SMILES string of the molecule is CCS(=O)(=O)N1CC[C@H](C)[C@H](c2ccc3cnc4[nH]ccn4c2-3)C1. The maximum atomic E-state index is 12.3. The summed E-state index contributed by atoms with van der Waals surface area (Å²) < 4.78 is 28.4. The lowest BCUT2D eigenvalue weighted by atomic mass is 9.83. The summed E-state index contributed by atoms with van der Waals surface area (Å²) >= 11 is 0. The number of fused-ring (bicyclic) bond motifs is 3. The first-order valence-corrected chi connectivity index (χ1v) is 10.0. The summed E-state index contributed by atoms with van der Waals surface area (Å²) in [6, 6.07) is 4.21. The van der Waals surface area contributed by atoms with Gasteiger partial charge in [0.25, 0.3) is 0 Å². The number of aromatic nitrogens is 3. The molecule has 3 aliphatic rings. The molecule has 1 aliphatic carbocycles. The Hall–Kier alpha value is -1.86. The molecular formula is C17H22N4O2S. The fourth-order valence-electron chi connectivity index (χ4n) is 3.80. The molecular weight excluding hydrogens is 324 g/mol. The molecule has 7 heteroatoms. The molecule has 0 aromatic carbocycles. The van der Waals surface area contributed by atoms with Crippen LogP contribution in [0.15, 0.2) is 30.7 Å². The highest BCUT2D eigenvalue weighted by Crippen LogP contribution is 2.40. The van der Waals surface area contributed by atoms with Gasteiger partial charge >= 0.3 is 0 Å². The molecule has 1 saturated heterocycles. The minimum atomic E-state index is -3.15. The zero-order chi connectivity index (χ0) is 16.9. The van der Waals surface area contributed by atoms with Gasteiger partial charge in [-0.25, -0.2) is 17.7 Å². The lowest BCUT2D eigenvalue weighted by Gasteiger charge is -2.36. The molecule has 128 valence electrons. The highest BCUT2D eigenvalue weighted by atomic mass is 32.2. The number of nitrogens with zero attached hydrogens (tertiary/aromatic N) is 3. The second-order valence-electron chi connectivity index (χ2n) is 6.64. The summed E-state index contributed by atoms with van der Waals surface area (Å²) in [4.78, 5) is 7.55. The van der Waals surface area contributed by atoms with E-state index in [-0.39, 0.29) is 11.7 Å². The number of hydrogen-bond donors (Lipinski definition) is 1. The van der Waals surface area contributed by atoms with Gasteiger partial charge in [0.2, 0.25) is 15.8 Å². The predicted molar refractivity (Wildman–Crippen MR) is 93.7 cm³/mol. The third-order valence-electron chi connectivity index (χ3n) is 5.30. The van der Waals surface area contributed by atoms with E-state index in [4.69, 9.17) is 0 Å². The summed E-state index contributed by atoms with van der Waals surface area (Å²) in [6.07, 6.45) is 6.61. The summed E-state index contributed by atoms with van der Waals surface area (Å²) in [5, 5.41) is 0. The molecule has 1 aromatic rings. The number of imidazole rings is 1. The van der Waals surface area contributed by atoms with E-state index < -0.39 is 10.0 Å². The molecule has 6 nitrogen and oxygen atoms in total. The second kappa shape index (κ2) is 5.60. The van der Waals surface area contributed by atoms with Gasteiger partial charge in [-0.1, -0.05) is 19.1 Å². The van der Waals surface area contributed by atoms with Gasteiger partial charge in [0, 0.05) is 43.2 Å². The van der Waals surface area contributed by atoms with Crippen LogP contribution in [-0.2, 0) is 10.0 Å². The van der Waals surface area contributed by atoms with Crippen molar-refractivity contribution >= 4 is 15.8 Å². The van der Waals surface area contributed by atoms with Gasteiger partial charge in [-0.15, -0.1) is 0 Å². The quantitative estimate of drug-likeness (QED) is 0.792. The van der Waals surface area contributed by atoms with Crippen molar-refractivity contribution in [2.75, 3.05) is 18.8 Å². The van der Waals surface area contributed by atoms with Crippen molar-refractivity contribution in [1.29, 1.82) is 0 Å². The van der Waals surface area contributed by atoms with Crippen LogP contribution in [0.1, 0.15) is 31.7 Å². The van der Waals surface area contributed by atoms with Crippen LogP contribution in [0.3, 0.4) is 0 Å². The van der Waals surface area contributed by atoms with Crippen molar-refractivity contribution in [2.24, 2.45) is 5.92 Å². The molecule has 0 unspecified atom stereocenters. The van der Waals surface area contributed by atoms with Crippen molar-refractivity contribution in [1.82, 2.24) is 18.7 Å². The van der Waals surface area contributed by atoms with Crippen LogP contribution in [-0.4, -0.2) is 45.9 Å². The van der Waals surface area contributed by atoms with Crippen molar-refractivity contribution in [2.45, 2.75) is 26.2 Å². The molecule has 4 rings (SSSR count). The highest BCUT2D eigenvalue weighted by Gasteiger charge is 2.35. The van der Waals surface area contributed by atoms with E-state index in [1.54, 1.807) is 11.2 Å². The fraction of sp³-hybridized carbons (Fsp3) is 0.471. The minimum Gasteiger partial charge on any atom is -0.330 e. The highest BCUT2D eigenvalue weighted by molar-refractivity contribution is 7.89. The van der Waals surface area contributed by atoms with E-state index in [9.17, 15) is 8.42 Å². The molecule has 0 radical (unpaired) electrons. The van der Waals surface area contributed by atoms with E-state index in [1.807, 2.05) is 18.6 Å². The number of hydrogen-bond acceptors (Lipinski definition) is 3. The van der Waals surface area contributed by atoms with Crippen LogP contribution in [0, 0.1) is 5.92 Å². The van der Waals surface area contributed by atoms with Gasteiger partial charge in [-0.2, -0.15) is 0 Å². The third kappa shape index (κ3) is 2.34.